The van der Waals surface area contributed by atoms with Crippen molar-refractivity contribution in [2.24, 2.45) is 0 Å². The maximum atomic E-state index is 11.1. The molecule has 0 aliphatic heterocycles. The molecule has 0 bridgehead atoms. The fraction of sp³-hybridized carbons (Fsp3) is 0.917. The highest BCUT2D eigenvalue weighted by Crippen LogP contribution is 2.07. The fourth-order valence-electron chi connectivity index (χ4n) is 1.38. The summed E-state index contributed by atoms with van der Waals surface area (Å²) in [4.78, 5) is 11.1. The Labute approximate surface area is 92.8 Å². The second-order valence-electron chi connectivity index (χ2n) is 3.82. The van der Waals surface area contributed by atoms with Gasteiger partial charge in [-0.05, 0) is 19.3 Å². The molecule has 0 aromatic carbocycles. The molecule has 0 radical (unpaired) electrons. The molecule has 0 rings (SSSR count). The van der Waals surface area contributed by atoms with E-state index < -0.39 is 0 Å². The lowest BCUT2D eigenvalue weighted by Gasteiger charge is -2.02. The molecule has 3 nitrogen and oxygen atoms in total. The Morgan fingerprint density at radius 2 is 1.67 bits per heavy atom. The zero-order valence-electron chi connectivity index (χ0n) is 9.83. The first-order chi connectivity index (χ1) is 7.31. The summed E-state index contributed by atoms with van der Waals surface area (Å²) in [5.41, 5.74) is 0. The largest absolute Gasteiger partial charge is 0.466 e. The molecule has 3 heteroatoms. The van der Waals surface area contributed by atoms with Crippen LogP contribution in [0.2, 0.25) is 0 Å². The van der Waals surface area contributed by atoms with Crippen LogP contribution in [0, 0.1) is 0 Å². The Morgan fingerprint density at radius 3 is 2.27 bits per heavy atom. The second kappa shape index (κ2) is 11.5. The third-order valence-corrected chi connectivity index (χ3v) is 2.26. The van der Waals surface area contributed by atoms with E-state index in [1.807, 2.05) is 6.92 Å². The molecule has 0 heterocycles. The Balaban J connectivity index is 3.06. The number of unbranched alkanes of at least 4 members (excludes halogenated alkanes) is 5. The van der Waals surface area contributed by atoms with Crippen LogP contribution in [-0.2, 0) is 9.53 Å². The average molecular weight is 216 g/mol. The molecular formula is C12H24O3. The molecule has 0 aromatic heterocycles. The number of esters is 1. The van der Waals surface area contributed by atoms with E-state index in [0.717, 1.165) is 44.9 Å². The lowest BCUT2D eigenvalue weighted by molar-refractivity contribution is -0.143. The van der Waals surface area contributed by atoms with Gasteiger partial charge in [0.05, 0.1) is 6.61 Å². The Morgan fingerprint density at radius 1 is 1.07 bits per heavy atom. The van der Waals surface area contributed by atoms with Gasteiger partial charge in [0.1, 0.15) is 0 Å². The quantitative estimate of drug-likeness (QED) is 0.451. The van der Waals surface area contributed by atoms with Crippen molar-refractivity contribution in [1.29, 1.82) is 0 Å². The van der Waals surface area contributed by atoms with Crippen LogP contribution in [0.1, 0.15) is 58.3 Å². The summed E-state index contributed by atoms with van der Waals surface area (Å²) in [6.07, 6.45) is 7.78. The first-order valence-corrected chi connectivity index (χ1v) is 6.07. The maximum absolute atomic E-state index is 11.1. The first kappa shape index (κ1) is 14.4. The topological polar surface area (TPSA) is 46.5 Å². The highest BCUT2D eigenvalue weighted by molar-refractivity contribution is 5.69. The van der Waals surface area contributed by atoms with Crippen LogP contribution in [0.5, 0.6) is 0 Å². The molecule has 0 amide bonds. The summed E-state index contributed by atoms with van der Waals surface area (Å²) in [6, 6.07) is 0. The van der Waals surface area contributed by atoms with Crippen LogP contribution in [0.3, 0.4) is 0 Å². The number of hydrogen-bond donors (Lipinski definition) is 1. The van der Waals surface area contributed by atoms with Crippen molar-refractivity contribution in [2.75, 3.05) is 13.2 Å². The molecule has 15 heavy (non-hydrogen) atoms. The van der Waals surface area contributed by atoms with Gasteiger partial charge in [-0.3, -0.25) is 4.79 Å². The summed E-state index contributed by atoms with van der Waals surface area (Å²) in [7, 11) is 0. The molecule has 90 valence electrons. The predicted molar refractivity (Wildman–Crippen MR) is 60.7 cm³/mol. The fourth-order valence-corrected chi connectivity index (χ4v) is 1.38. The molecule has 0 saturated carbocycles. The van der Waals surface area contributed by atoms with Gasteiger partial charge in [0, 0.05) is 13.0 Å². The average Bonchev–Trinajstić information content (AvgIpc) is 2.25. The van der Waals surface area contributed by atoms with Crippen molar-refractivity contribution < 1.29 is 14.6 Å². The molecule has 0 unspecified atom stereocenters. The molecule has 0 saturated heterocycles. The van der Waals surface area contributed by atoms with Gasteiger partial charge in [0.2, 0.25) is 0 Å². The Kier molecular flexibility index (Phi) is 11.1. The number of hydrogen-bond acceptors (Lipinski definition) is 3. The summed E-state index contributed by atoms with van der Waals surface area (Å²) in [5, 5.41) is 8.56. The van der Waals surface area contributed by atoms with E-state index in [-0.39, 0.29) is 5.97 Å². The number of aliphatic hydroxyl groups is 1. The van der Waals surface area contributed by atoms with Crippen LogP contribution < -0.4 is 0 Å². The number of rotatable bonds is 10. The third kappa shape index (κ3) is 11.4. The Bertz CT molecular complexity index is 146. The van der Waals surface area contributed by atoms with Crippen molar-refractivity contribution in [1.82, 2.24) is 0 Å². The second-order valence-corrected chi connectivity index (χ2v) is 3.82. The minimum atomic E-state index is -0.0628. The number of carbonyl (C=O) groups excluding carboxylic acids is 1. The van der Waals surface area contributed by atoms with E-state index in [9.17, 15) is 4.79 Å². The van der Waals surface area contributed by atoms with Gasteiger partial charge in [-0.1, -0.05) is 32.6 Å². The van der Waals surface area contributed by atoms with Crippen LogP contribution in [0.4, 0.5) is 0 Å². The van der Waals surface area contributed by atoms with E-state index in [1.54, 1.807) is 0 Å². The smallest absolute Gasteiger partial charge is 0.305 e. The summed E-state index contributed by atoms with van der Waals surface area (Å²) < 4.78 is 4.96. The van der Waals surface area contributed by atoms with Gasteiger partial charge >= 0.3 is 5.97 Å². The normalized spacial score (nSPS) is 10.3. The van der Waals surface area contributed by atoms with Crippen LogP contribution >= 0.6 is 0 Å². The molecule has 0 fully saturated rings. The lowest BCUT2D eigenvalue weighted by atomic mass is 10.1. The van der Waals surface area contributed by atoms with Gasteiger partial charge in [0.15, 0.2) is 0 Å². The highest BCUT2D eigenvalue weighted by Gasteiger charge is 2.00. The SMILES string of the molecule is CCCOC(=O)CCCCCCCCO. The van der Waals surface area contributed by atoms with Crippen molar-refractivity contribution in [3.63, 3.8) is 0 Å². The van der Waals surface area contributed by atoms with E-state index >= 15 is 0 Å². The summed E-state index contributed by atoms with van der Waals surface area (Å²) >= 11 is 0. The molecule has 1 N–H and O–H groups in total. The van der Waals surface area contributed by atoms with Crippen molar-refractivity contribution in [3.05, 3.63) is 0 Å². The molecular weight excluding hydrogens is 192 g/mol. The predicted octanol–water partition coefficient (Wildman–Crippen LogP) is 2.66. The van der Waals surface area contributed by atoms with Gasteiger partial charge in [0.25, 0.3) is 0 Å². The van der Waals surface area contributed by atoms with Crippen molar-refractivity contribution in [2.45, 2.75) is 58.3 Å². The zero-order chi connectivity index (χ0) is 11.4. The van der Waals surface area contributed by atoms with E-state index in [4.69, 9.17) is 9.84 Å². The van der Waals surface area contributed by atoms with Gasteiger partial charge in [-0.25, -0.2) is 0 Å². The first-order valence-electron chi connectivity index (χ1n) is 6.07. The summed E-state index contributed by atoms with van der Waals surface area (Å²) in [5.74, 6) is -0.0628. The van der Waals surface area contributed by atoms with Crippen molar-refractivity contribution in [3.8, 4) is 0 Å². The van der Waals surface area contributed by atoms with E-state index in [2.05, 4.69) is 0 Å². The Hall–Kier alpha value is -0.570. The van der Waals surface area contributed by atoms with Crippen LogP contribution in [0.15, 0.2) is 0 Å². The third-order valence-electron chi connectivity index (χ3n) is 2.26. The highest BCUT2D eigenvalue weighted by atomic mass is 16.5. The minimum Gasteiger partial charge on any atom is -0.466 e. The van der Waals surface area contributed by atoms with Crippen LogP contribution in [-0.4, -0.2) is 24.3 Å². The van der Waals surface area contributed by atoms with Gasteiger partial charge in [-0.15, -0.1) is 0 Å². The minimum absolute atomic E-state index is 0.0628. The molecule has 0 aliphatic carbocycles. The van der Waals surface area contributed by atoms with E-state index in [0.29, 0.717) is 19.6 Å². The molecule has 0 aromatic rings. The van der Waals surface area contributed by atoms with Crippen molar-refractivity contribution >= 4 is 5.97 Å². The standard InChI is InChI=1S/C12H24O3/c1-2-11-15-12(14)9-7-5-3-4-6-8-10-13/h13H,2-11H2,1H3. The molecule has 0 aliphatic rings. The summed E-state index contributed by atoms with van der Waals surface area (Å²) in [6.45, 7) is 2.84. The number of ether oxygens (including phenoxy) is 1. The van der Waals surface area contributed by atoms with Crippen LogP contribution in [0.25, 0.3) is 0 Å². The zero-order valence-corrected chi connectivity index (χ0v) is 9.83. The van der Waals surface area contributed by atoms with Gasteiger partial charge in [-0.2, -0.15) is 0 Å². The lowest BCUT2D eigenvalue weighted by Crippen LogP contribution is -2.04. The molecule has 0 atom stereocenters. The van der Waals surface area contributed by atoms with Gasteiger partial charge < -0.3 is 9.84 Å². The number of aliphatic hydroxyl groups excluding tert-OH is 1. The maximum Gasteiger partial charge on any atom is 0.305 e. The number of carbonyl (C=O) groups is 1. The van der Waals surface area contributed by atoms with E-state index in [1.165, 1.54) is 0 Å². The monoisotopic (exact) mass is 216 g/mol. The molecule has 0 spiro atoms.